The molecule has 0 saturated carbocycles. The fourth-order valence-electron chi connectivity index (χ4n) is 6.42. The number of likely N-dealkylation sites (tertiary alicyclic amines) is 1. The van der Waals surface area contributed by atoms with Gasteiger partial charge in [0, 0.05) is 73.2 Å². The molecule has 1 N–H and O–H groups in total. The van der Waals surface area contributed by atoms with E-state index in [9.17, 15) is 18.7 Å². The quantitative estimate of drug-likeness (QED) is 0.326. The monoisotopic (exact) mass is 547 g/mol. The predicted molar refractivity (Wildman–Crippen MR) is 153 cm³/mol. The minimum absolute atomic E-state index is 0.00334. The van der Waals surface area contributed by atoms with Gasteiger partial charge < -0.3 is 14.9 Å². The predicted octanol–water partition coefficient (Wildman–Crippen LogP) is 5.90. The lowest BCUT2D eigenvalue weighted by molar-refractivity contribution is 0.0937. The highest BCUT2D eigenvalue weighted by molar-refractivity contribution is 5.99. The van der Waals surface area contributed by atoms with Crippen LogP contribution in [-0.2, 0) is 13.5 Å². The first kappa shape index (κ1) is 26.7. The molecule has 0 atom stereocenters. The minimum atomic E-state index is -2.63. The van der Waals surface area contributed by atoms with Crippen molar-refractivity contribution in [2.24, 2.45) is 7.05 Å². The molecule has 1 saturated heterocycles. The van der Waals surface area contributed by atoms with E-state index in [1.165, 1.54) is 5.56 Å². The molecule has 4 aromatic rings. The van der Waals surface area contributed by atoms with E-state index in [-0.39, 0.29) is 18.1 Å². The van der Waals surface area contributed by atoms with E-state index < -0.39 is 6.43 Å². The molecule has 0 spiro atoms. The number of aliphatic hydroxyl groups excluding tert-OH is 1. The van der Waals surface area contributed by atoms with Crippen LogP contribution in [0.4, 0.5) is 20.2 Å². The van der Waals surface area contributed by atoms with Gasteiger partial charge in [0.2, 0.25) is 5.91 Å². The van der Waals surface area contributed by atoms with Gasteiger partial charge in [-0.15, -0.1) is 0 Å². The van der Waals surface area contributed by atoms with Gasteiger partial charge in [0.05, 0.1) is 18.5 Å². The molecule has 0 bridgehead atoms. The molecule has 0 aliphatic carbocycles. The third kappa shape index (κ3) is 4.92. The average Bonchev–Trinajstić information content (AvgIpc) is 3.58. The van der Waals surface area contributed by atoms with Crippen molar-refractivity contribution in [2.45, 2.75) is 45.0 Å². The van der Waals surface area contributed by atoms with E-state index in [2.05, 4.69) is 27.0 Å². The molecule has 2 aromatic heterocycles. The van der Waals surface area contributed by atoms with Crippen LogP contribution in [0.5, 0.6) is 0 Å². The number of rotatable bonds is 6. The number of β-amino-alcohol motifs (C(OH)–C–C–N with tert-alkyl or cyclic N) is 1. The first-order valence-corrected chi connectivity index (χ1v) is 14.0. The van der Waals surface area contributed by atoms with Crippen molar-refractivity contribution >= 4 is 28.1 Å². The van der Waals surface area contributed by atoms with Gasteiger partial charge in [0.15, 0.2) is 0 Å². The standard InChI is InChI=1S/C31H35F2N5O2/c1-20(40)37-18-24-12-23(21-5-8-36(9-6-21)10-11-39)14-30(28(24)19-37)38-7-3-4-22-13-26(25-16-34-35(2)17-25)27(31(32)33)15-29(22)38/h12-19,21,31,39H,3-11H2,1-2H3. The lowest BCUT2D eigenvalue weighted by atomic mass is 9.87. The zero-order chi connectivity index (χ0) is 28.0. The van der Waals surface area contributed by atoms with Gasteiger partial charge in [-0.05, 0) is 85.6 Å². The summed E-state index contributed by atoms with van der Waals surface area (Å²) in [5, 5.41) is 15.5. The zero-order valence-corrected chi connectivity index (χ0v) is 23.0. The van der Waals surface area contributed by atoms with E-state index >= 15 is 0 Å². The smallest absolute Gasteiger partial charge is 0.264 e. The zero-order valence-electron chi connectivity index (χ0n) is 23.0. The summed E-state index contributed by atoms with van der Waals surface area (Å²) < 4.78 is 32.1. The van der Waals surface area contributed by atoms with Gasteiger partial charge in [-0.25, -0.2) is 8.78 Å². The minimum Gasteiger partial charge on any atom is -0.395 e. The molecule has 40 heavy (non-hydrogen) atoms. The molecule has 210 valence electrons. The summed E-state index contributed by atoms with van der Waals surface area (Å²) in [5.74, 6) is 0.286. The molecule has 2 aliphatic rings. The van der Waals surface area contributed by atoms with Gasteiger partial charge in [-0.2, -0.15) is 5.10 Å². The Hall–Kier alpha value is -3.56. The SMILES string of the molecule is CC(=O)n1cc2cc(C3CCN(CCO)CC3)cc(N3CCCc4cc(-c5cnn(C)c5)c(C(F)F)cc43)c2c1. The molecule has 6 rings (SSSR count). The Morgan fingerprint density at radius 2 is 1.88 bits per heavy atom. The Labute approximate surface area is 232 Å². The summed E-state index contributed by atoms with van der Waals surface area (Å²) in [6, 6.07) is 7.98. The van der Waals surface area contributed by atoms with Crippen LogP contribution >= 0.6 is 0 Å². The van der Waals surface area contributed by atoms with E-state index in [1.807, 2.05) is 18.5 Å². The summed E-state index contributed by atoms with van der Waals surface area (Å²) >= 11 is 0. The Bertz CT molecular complexity index is 1550. The van der Waals surface area contributed by atoms with Crippen LogP contribution < -0.4 is 4.90 Å². The summed E-state index contributed by atoms with van der Waals surface area (Å²) in [4.78, 5) is 16.8. The van der Waals surface area contributed by atoms with Crippen molar-refractivity contribution in [3.05, 3.63) is 65.7 Å². The van der Waals surface area contributed by atoms with Crippen molar-refractivity contribution in [3.63, 3.8) is 0 Å². The number of carbonyl (C=O) groups is 1. The highest BCUT2D eigenvalue weighted by Gasteiger charge is 2.28. The molecule has 7 nitrogen and oxygen atoms in total. The molecular weight excluding hydrogens is 512 g/mol. The maximum Gasteiger partial charge on any atom is 0.264 e. The Balaban J connectivity index is 1.46. The molecule has 1 fully saturated rings. The number of piperidine rings is 1. The second kappa shape index (κ2) is 10.8. The van der Waals surface area contributed by atoms with Crippen molar-refractivity contribution in [2.75, 3.05) is 37.7 Å². The van der Waals surface area contributed by atoms with Crippen LogP contribution in [0.3, 0.4) is 0 Å². The second-order valence-electron chi connectivity index (χ2n) is 11.1. The number of halogens is 2. The molecule has 0 amide bonds. The van der Waals surface area contributed by atoms with Crippen LogP contribution in [0, 0.1) is 0 Å². The number of aryl methyl sites for hydroxylation is 2. The number of benzene rings is 2. The van der Waals surface area contributed by atoms with Gasteiger partial charge in [0.25, 0.3) is 6.43 Å². The van der Waals surface area contributed by atoms with Crippen molar-refractivity contribution in [3.8, 4) is 11.1 Å². The third-order valence-corrected chi connectivity index (χ3v) is 8.51. The van der Waals surface area contributed by atoms with Gasteiger partial charge in [0.1, 0.15) is 0 Å². The topological polar surface area (TPSA) is 66.5 Å². The van der Waals surface area contributed by atoms with Gasteiger partial charge in [-0.1, -0.05) is 0 Å². The number of nitrogens with zero attached hydrogens (tertiary/aromatic N) is 5. The number of carbonyl (C=O) groups excluding carboxylic acids is 1. The normalized spacial score (nSPS) is 16.7. The Morgan fingerprint density at radius 3 is 2.55 bits per heavy atom. The van der Waals surface area contributed by atoms with Crippen LogP contribution in [0.2, 0.25) is 0 Å². The number of aliphatic hydroxyl groups is 1. The lowest BCUT2D eigenvalue weighted by Gasteiger charge is -2.35. The number of hydrogen-bond acceptors (Lipinski definition) is 5. The number of aromatic nitrogens is 3. The van der Waals surface area contributed by atoms with Crippen LogP contribution in [-0.4, -0.2) is 63.0 Å². The van der Waals surface area contributed by atoms with E-state index in [1.54, 1.807) is 41.7 Å². The average molecular weight is 548 g/mol. The van der Waals surface area contributed by atoms with E-state index in [4.69, 9.17) is 0 Å². The first-order valence-electron chi connectivity index (χ1n) is 14.0. The second-order valence-corrected chi connectivity index (χ2v) is 11.1. The van der Waals surface area contributed by atoms with Crippen molar-refractivity contribution in [1.29, 1.82) is 0 Å². The van der Waals surface area contributed by atoms with Crippen molar-refractivity contribution in [1.82, 2.24) is 19.2 Å². The fourth-order valence-corrected chi connectivity index (χ4v) is 6.42. The first-order chi connectivity index (χ1) is 19.3. The Morgan fingerprint density at radius 1 is 1.07 bits per heavy atom. The highest BCUT2D eigenvalue weighted by atomic mass is 19.3. The summed E-state index contributed by atoms with van der Waals surface area (Å²) in [5.41, 5.74) is 5.23. The van der Waals surface area contributed by atoms with Crippen LogP contribution in [0.1, 0.15) is 60.0 Å². The fraction of sp³-hybridized carbons (Fsp3) is 0.419. The molecule has 2 aliphatic heterocycles. The molecule has 2 aromatic carbocycles. The largest absolute Gasteiger partial charge is 0.395 e. The van der Waals surface area contributed by atoms with Crippen molar-refractivity contribution < 1.29 is 18.7 Å². The molecule has 0 radical (unpaired) electrons. The van der Waals surface area contributed by atoms with Gasteiger partial charge in [-0.3, -0.25) is 14.0 Å². The summed E-state index contributed by atoms with van der Waals surface area (Å²) in [6.07, 6.45) is 8.21. The molecule has 9 heteroatoms. The third-order valence-electron chi connectivity index (χ3n) is 8.51. The maximum atomic E-state index is 14.5. The number of anilines is 2. The molecule has 4 heterocycles. The van der Waals surface area contributed by atoms with Gasteiger partial charge >= 0.3 is 0 Å². The summed E-state index contributed by atoms with van der Waals surface area (Å²) in [7, 11) is 1.79. The van der Waals surface area contributed by atoms with Crippen LogP contribution in [0.25, 0.3) is 21.9 Å². The van der Waals surface area contributed by atoms with Crippen LogP contribution in [0.15, 0.2) is 49.1 Å². The number of alkyl halides is 2. The Kier molecular flexibility index (Phi) is 7.18. The van der Waals surface area contributed by atoms with E-state index in [0.29, 0.717) is 30.1 Å². The lowest BCUT2D eigenvalue weighted by Crippen LogP contribution is -2.35. The number of fused-ring (bicyclic) bond motifs is 2. The summed E-state index contributed by atoms with van der Waals surface area (Å²) in [6.45, 7) is 4.96. The molecule has 0 unspecified atom stereocenters. The molecular formula is C31H35F2N5O2. The highest BCUT2D eigenvalue weighted by Crippen LogP contribution is 2.44. The maximum absolute atomic E-state index is 14.5. The van der Waals surface area contributed by atoms with E-state index in [0.717, 1.165) is 66.5 Å². The number of hydrogen-bond donors (Lipinski definition) is 1.